The number of thioether (sulfide) groups is 1. The summed E-state index contributed by atoms with van der Waals surface area (Å²) in [5.74, 6) is 1.51. The molecule has 0 fully saturated rings. The molecule has 0 bridgehead atoms. The van der Waals surface area contributed by atoms with Gasteiger partial charge in [0, 0.05) is 39.1 Å². The van der Waals surface area contributed by atoms with Gasteiger partial charge in [0.2, 0.25) is 11.1 Å². The van der Waals surface area contributed by atoms with E-state index in [4.69, 9.17) is 33.3 Å². The van der Waals surface area contributed by atoms with Gasteiger partial charge in [0.1, 0.15) is 6.04 Å². The van der Waals surface area contributed by atoms with Gasteiger partial charge in [0.05, 0.1) is 0 Å². The molecule has 8 heteroatoms. The summed E-state index contributed by atoms with van der Waals surface area (Å²) >= 11 is 14.4. The minimum atomic E-state index is -0.442. The number of fused-ring (bicyclic) bond motifs is 1. The van der Waals surface area contributed by atoms with Crippen LogP contribution in [0, 0.1) is 19.3 Å². The second-order valence-corrected chi connectivity index (χ2v) is 11.7. The molecular weight excluding hydrogens is 487 g/mol. The summed E-state index contributed by atoms with van der Waals surface area (Å²) in [4.78, 5) is 18.2. The van der Waals surface area contributed by atoms with E-state index in [1.807, 2.05) is 6.07 Å². The van der Waals surface area contributed by atoms with E-state index >= 15 is 0 Å². The Hall–Kier alpha value is -2.28. The molecule has 0 radical (unpaired) electrons. The van der Waals surface area contributed by atoms with Gasteiger partial charge in [-0.15, -0.1) is 5.10 Å². The lowest BCUT2D eigenvalue weighted by Gasteiger charge is -2.38. The number of carbonyl (C=O) groups excluding carboxylic acids is 1. The lowest BCUT2D eigenvalue weighted by molar-refractivity contribution is -0.118. The first-order valence-electron chi connectivity index (χ1n) is 11.2. The van der Waals surface area contributed by atoms with Gasteiger partial charge in [-0.2, -0.15) is 4.98 Å². The number of ketones is 1. The zero-order valence-electron chi connectivity index (χ0n) is 19.6. The third kappa shape index (κ3) is 4.39. The predicted molar refractivity (Wildman–Crippen MR) is 139 cm³/mol. The fraction of sp³-hybridized carbons (Fsp3) is 0.346. The zero-order chi connectivity index (χ0) is 24.2. The van der Waals surface area contributed by atoms with Crippen molar-refractivity contribution in [3.05, 3.63) is 80.0 Å². The minimum Gasteiger partial charge on any atom is -0.328 e. The molecule has 5 nitrogen and oxygen atoms in total. The largest absolute Gasteiger partial charge is 0.328 e. The third-order valence-electron chi connectivity index (χ3n) is 6.43. The summed E-state index contributed by atoms with van der Waals surface area (Å²) in [5, 5.41) is 9.97. The maximum absolute atomic E-state index is 13.4. The number of hydrogen-bond donors (Lipinski definition) is 1. The molecule has 3 aromatic rings. The number of allylic oxidation sites excluding steroid dienone is 2. The Balaban J connectivity index is 1.55. The van der Waals surface area contributed by atoms with Crippen LogP contribution in [0.15, 0.2) is 52.8 Å². The fourth-order valence-corrected chi connectivity index (χ4v) is 6.16. The molecule has 2 aliphatic rings. The molecule has 176 valence electrons. The molecular formula is C26H26Cl2N4OS. The van der Waals surface area contributed by atoms with Crippen LogP contribution in [0.5, 0.6) is 0 Å². The molecule has 2 aromatic carbocycles. The minimum absolute atomic E-state index is 0.112. The van der Waals surface area contributed by atoms with Crippen LogP contribution in [-0.2, 0) is 10.5 Å². The van der Waals surface area contributed by atoms with E-state index in [9.17, 15) is 4.79 Å². The van der Waals surface area contributed by atoms with Crippen molar-refractivity contribution in [2.24, 2.45) is 5.41 Å². The number of aromatic nitrogens is 3. The van der Waals surface area contributed by atoms with Crippen LogP contribution in [0.4, 0.5) is 5.95 Å². The maximum atomic E-state index is 13.4. The molecule has 0 saturated carbocycles. The van der Waals surface area contributed by atoms with Crippen molar-refractivity contribution in [3.63, 3.8) is 0 Å². The number of halogens is 2. The van der Waals surface area contributed by atoms with Gasteiger partial charge < -0.3 is 5.32 Å². The second-order valence-electron chi connectivity index (χ2n) is 9.91. The van der Waals surface area contributed by atoms with Gasteiger partial charge in [-0.1, -0.05) is 78.6 Å². The van der Waals surface area contributed by atoms with Crippen molar-refractivity contribution >= 4 is 46.7 Å². The normalized spacial score (nSPS) is 19.0. The Kier molecular flexibility index (Phi) is 6.03. The summed E-state index contributed by atoms with van der Waals surface area (Å²) in [5.41, 5.74) is 6.03. The molecule has 0 spiro atoms. The first kappa shape index (κ1) is 23.5. The monoisotopic (exact) mass is 512 g/mol. The van der Waals surface area contributed by atoms with Crippen LogP contribution in [-0.4, -0.2) is 20.5 Å². The number of nitrogens with zero attached hydrogens (tertiary/aromatic N) is 3. The zero-order valence-corrected chi connectivity index (χ0v) is 21.9. The quantitative estimate of drug-likeness (QED) is 0.376. The van der Waals surface area contributed by atoms with E-state index in [-0.39, 0.29) is 11.2 Å². The van der Waals surface area contributed by atoms with Crippen molar-refractivity contribution in [2.45, 2.75) is 57.5 Å². The molecule has 5 rings (SSSR count). The highest BCUT2D eigenvalue weighted by Crippen LogP contribution is 2.47. The molecule has 0 saturated heterocycles. The Bertz CT molecular complexity index is 1340. The number of benzene rings is 2. The molecule has 1 aliphatic heterocycles. The first-order valence-corrected chi connectivity index (χ1v) is 13.0. The van der Waals surface area contributed by atoms with Crippen LogP contribution < -0.4 is 5.32 Å². The number of aryl methyl sites for hydroxylation is 2. The molecule has 2 heterocycles. The topological polar surface area (TPSA) is 59.8 Å². The highest BCUT2D eigenvalue weighted by molar-refractivity contribution is 7.98. The molecule has 0 unspecified atom stereocenters. The van der Waals surface area contributed by atoms with Crippen molar-refractivity contribution in [2.75, 3.05) is 5.32 Å². The van der Waals surface area contributed by atoms with E-state index in [1.54, 1.807) is 28.6 Å². The van der Waals surface area contributed by atoms with Crippen LogP contribution in [0.3, 0.4) is 0 Å². The Morgan fingerprint density at radius 3 is 2.71 bits per heavy atom. The maximum Gasteiger partial charge on any atom is 0.227 e. The number of Topliss-reactive ketones (excluding diaryl/α,β-unsaturated/α-hetero) is 1. The van der Waals surface area contributed by atoms with Crippen molar-refractivity contribution in [1.29, 1.82) is 0 Å². The van der Waals surface area contributed by atoms with Crippen molar-refractivity contribution in [1.82, 2.24) is 14.8 Å². The average molecular weight is 513 g/mol. The summed E-state index contributed by atoms with van der Waals surface area (Å²) in [6.45, 7) is 8.45. The summed E-state index contributed by atoms with van der Waals surface area (Å²) in [6.07, 6.45) is 1.24. The molecule has 1 aromatic heterocycles. The molecule has 1 aliphatic carbocycles. The molecule has 34 heavy (non-hydrogen) atoms. The van der Waals surface area contributed by atoms with Crippen LogP contribution >= 0.6 is 35.0 Å². The number of nitrogens with one attached hydrogen (secondary N) is 1. The van der Waals surface area contributed by atoms with E-state index in [1.165, 1.54) is 16.7 Å². The summed E-state index contributed by atoms with van der Waals surface area (Å²) < 4.78 is 1.80. The highest BCUT2D eigenvalue weighted by atomic mass is 35.5. The second kappa shape index (κ2) is 8.74. The van der Waals surface area contributed by atoms with Gasteiger partial charge >= 0.3 is 0 Å². The first-order chi connectivity index (χ1) is 16.1. The molecule has 1 atom stereocenters. The third-order valence-corrected chi connectivity index (χ3v) is 7.88. The Labute approximate surface area is 213 Å². The number of carbonyl (C=O) groups is 1. The number of rotatable bonds is 4. The van der Waals surface area contributed by atoms with Gasteiger partial charge in [0.15, 0.2) is 5.78 Å². The van der Waals surface area contributed by atoms with Crippen molar-refractivity contribution in [3.8, 4) is 0 Å². The summed E-state index contributed by atoms with van der Waals surface area (Å²) in [6, 6.07) is 11.4. The van der Waals surface area contributed by atoms with Gasteiger partial charge in [-0.25, -0.2) is 4.68 Å². The van der Waals surface area contributed by atoms with E-state index in [2.05, 4.69) is 51.2 Å². The average Bonchev–Trinajstić information content (AvgIpc) is 3.15. The standard InChI is InChI=1S/C26H26Cl2N4OS/c1-14-5-6-15(2)16(9-14)13-34-25-30-24-29-20-11-26(3,4)12-21(33)22(20)23(32(24)31-25)18-8-7-17(27)10-19(18)28/h5-10,23H,11-13H2,1-4H3,(H,29,30,31)/t23-/m0/s1. The number of anilines is 1. The highest BCUT2D eigenvalue weighted by Gasteiger charge is 2.42. The molecule has 1 N–H and O–H groups in total. The van der Waals surface area contributed by atoms with Gasteiger partial charge in [0.25, 0.3) is 0 Å². The molecule has 0 amide bonds. The Morgan fingerprint density at radius 1 is 1.15 bits per heavy atom. The Morgan fingerprint density at radius 2 is 1.94 bits per heavy atom. The predicted octanol–water partition coefficient (Wildman–Crippen LogP) is 7.15. The van der Waals surface area contributed by atoms with E-state index < -0.39 is 6.04 Å². The summed E-state index contributed by atoms with van der Waals surface area (Å²) in [7, 11) is 0. The van der Waals surface area contributed by atoms with Gasteiger partial charge in [-0.05, 0) is 48.9 Å². The van der Waals surface area contributed by atoms with E-state index in [0.29, 0.717) is 33.1 Å². The lowest BCUT2D eigenvalue weighted by atomic mass is 9.73. The smallest absolute Gasteiger partial charge is 0.227 e. The lowest BCUT2D eigenvalue weighted by Crippen LogP contribution is -2.36. The van der Waals surface area contributed by atoms with Crippen LogP contribution in [0.1, 0.15) is 55.0 Å². The SMILES string of the molecule is Cc1ccc(C)c(CSc2nc3n(n2)[C@@H](c2ccc(Cl)cc2Cl)C2=C(CC(C)(C)CC2=O)N3)c1. The fourth-order valence-electron chi connectivity index (χ4n) is 4.76. The van der Waals surface area contributed by atoms with Crippen LogP contribution in [0.25, 0.3) is 0 Å². The van der Waals surface area contributed by atoms with Crippen LogP contribution in [0.2, 0.25) is 10.0 Å². The van der Waals surface area contributed by atoms with E-state index in [0.717, 1.165) is 23.4 Å². The number of hydrogen-bond acceptors (Lipinski definition) is 5. The van der Waals surface area contributed by atoms with Gasteiger partial charge in [-0.3, -0.25) is 4.79 Å². The van der Waals surface area contributed by atoms with Crippen molar-refractivity contribution < 1.29 is 4.79 Å².